The van der Waals surface area contributed by atoms with Crippen molar-refractivity contribution in [3.63, 3.8) is 0 Å². The van der Waals surface area contributed by atoms with Crippen LogP contribution in [-0.2, 0) is 33.5 Å². The molecule has 0 aromatic heterocycles. The molecular formula is MgMnO3Sr. The zero-order valence-corrected chi connectivity index (χ0v) is 9.09. The molecule has 0 spiro atoms. The SMILES string of the molecule is [Mg+2].[Mn+2].[O-2].[O-2].[O-2].[Sr+2]. The molecule has 0 heterocycles. The summed E-state index contributed by atoms with van der Waals surface area (Å²) < 4.78 is 0. The first-order valence-electron chi connectivity index (χ1n) is 0. The van der Waals surface area contributed by atoms with Crippen molar-refractivity contribution < 1.29 is 33.5 Å². The molecule has 0 bridgehead atoms. The summed E-state index contributed by atoms with van der Waals surface area (Å²) in [6.45, 7) is 0. The second kappa shape index (κ2) is 48.2. The molecule has 0 N–H and O–H groups in total. The summed E-state index contributed by atoms with van der Waals surface area (Å²) in [6, 6.07) is 0. The third-order valence-corrected chi connectivity index (χ3v) is 0. The van der Waals surface area contributed by atoms with Gasteiger partial charge in [0.15, 0.2) is 0 Å². The summed E-state index contributed by atoms with van der Waals surface area (Å²) in [5.41, 5.74) is 0. The van der Waals surface area contributed by atoms with Gasteiger partial charge in [-0.25, -0.2) is 0 Å². The van der Waals surface area contributed by atoms with Gasteiger partial charge >= 0.3 is 85.6 Å². The standard InChI is InChI=1S/Mg.Mn.3O.Sr/q2*+2;3*-2;+2. The number of rotatable bonds is 0. The van der Waals surface area contributed by atoms with Crippen molar-refractivity contribution in [1.82, 2.24) is 0 Å². The van der Waals surface area contributed by atoms with Gasteiger partial charge in [0.2, 0.25) is 0 Å². The van der Waals surface area contributed by atoms with Crippen molar-refractivity contribution >= 4 is 68.5 Å². The minimum absolute atomic E-state index is 0. The van der Waals surface area contributed by atoms with Crippen LogP contribution >= 0.6 is 0 Å². The maximum absolute atomic E-state index is 0. The quantitative estimate of drug-likeness (QED) is 0.458. The van der Waals surface area contributed by atoms with Crippen LogP contribution in [0, 0.1) is 0 Å². The molecule has 6 heavy (non-hydrogen) atoms. The molecule has 0 unspecified atom stereocenters. The van der Waals surface area contributed by atoms with Gasteiger partial charge in [0.05, 0.1) is 0 Å². The number of hydrogen-bond donors (Lipinski definition) is 0. The average molecular weight is 215 g/mol. The number of hydrogen-bond acceptors (Lipinski definition) is 0. The van der Waals surface area contributed by atoms with Gasteiger partial charge in [-0.15, -0.1) is 0 Å². The molecule has 0 atom stereocenters. The van der Waals surface area contributed by atoms with Crippen LogP contribution in [0.3, 0.4) is 0 Å². The Bertz CT molecular complexity index is 10.8. The Morgan fingerprint density at radius 3 is 0.667 bits per heavy atom. The molecule has 0 saturated heterocycles. The Morgan fingerprint density at radius 1 is 0.667 bits per heavy atom. The van der Waals surface area contributed by atoms with Gasteiger partial charge < -0.3 is 16.4 Å². The fourth-order valence-corrected chi connectivity index (χ4v) is 0. The fourth-order valence-electron chi connectivity index (χ4n) is 0. The zero-order chi connectivity index (χ0) is 0. The molecule has 0 saturated carbocycles. The topological polar surface area (TPSA) is 85.5 Å². The van der Waals surface area contributed by atoms with Crippen molar-refractivity contribution in [2.24, 2.45) is 0 Å². The normalized spacial score (nSPS) is 0. The van der Waals surface area contributed by atoms with Crippen LogP contribution in [0.5, 0.6) is 0 Å². The van der Waals surface area contributed by atoms with Gasteiger partial charge in [0.1, 0.15) is 0 Å². The van der Waals surface area contributed by atoms with Crippen LogP contribution in [0.1, 0.15) is 0 Å². The van der Waals surface area contributed by atoms with Crippen LogP contribution < -0.4 is 0 Å². The average Bonchev–Trinajstić information content (AvgIpc) is 0. The third kappa shape index (κ3) is 30.3. The summed E-state index contributed by atoms with van der Waals surface area (Å²) in [6.07, 6.45) is 0. The first-order chi connectivity index (χ1) is 0. The van der Waals surface area contributed by atoms with E-state index in [4.69, 9.17) is 0 Å². The van der Waals surface area contributed by atoms with E-state index in [9.17, 15) is 0 Å². The maximum Gasteiger partial charge on any atom is 2.00 e. The van der Waals surface area contributed by atoms with Crippen molar-refractivity contribution in [2.45, 2.75) is 0 Å². The van der Waals surface area contributed by atoms with E-state index in [0.29, 0.717) is 0 Å². The molecule has 3 nitrogen and oxygen atoms in total. The molecule has 0 amide bonds. The third-order valence-electron chi connectivity index (χ3n) is 0. The first kappa shape index (κ1) is 72.2. The van der Waals surface area contributed by atoms with Gasteiger partial charge in [-0.2, -0.15) is 0 Å². The Balaban J connectivity index is 0. The fraction of sp³-hybridized carbons (Fsp3) is 0. The van der Waals surface area contributed by atoms with E-state index in [1.54, 1.807) is 0 Å². The predicted molar refractivity (Wildman–Crippen MR) is 13.6 cm³/mol. The molecule has 29 valence electrons. The zero-order valence-electron chi connectivity index (χ0n) is 3.02. The Hall–Kier alpha value is 2.65. The van der Waals surface area contributed by atoms with E-state index < -0.39 is 0 Å². The van der Waals surface area contributed by atoms with Crippen LogP contribution in [0.2, 0.25) is 0 Å². The second-order valence-corrected chi connectivity index (χ2v) is 0. The Kier molecular flexibility index (Phi) is 580. The summed E-state index contributed by atoms with van der Waals surface area (Å²) in [7, 11) is 0. The van der Waals surface area contributed by atoms with Crippen molar-refractivity contribution in [1.29, 1.82) is 0 Å². The minimum atomic E-state index is 0. The van der Waals surface area contributed by atoms with Crippen molar-refractivity contribution in [3.05, 3.63) is 0 Å². The van der Waals surface area contributed by atoms with Crippen molar-refractivity contribution in [3.8, 4) is 0 Å². The van der Waals surface area contributed by atoms with Crippen molar-refractivity contribution in [2.75, 3.05) is 0 Å². The van der Waals surface area contributed by atoms with Gasteiger partial charge in [0, 0.05) is 0 Å². The molecular weight excluding hydrogens is 215 g/mol. The molecule has 0 aromatic rings. The molecule has 0 fully saturated rings. The second-order valence-electron chi connectivity index (χ2n) is 0. The van der Waals surface area contributed by atoms with E-state index in [0.717, 1.165) is 0 Å². The Morgan fingerprint density at radius 2 is 0.667 bits per heavy atom. The Labute approximate surface area is 100 Å². The van der Waals surface area contributed by atoms with Crippen LogP contribution in [0.25, 0.3) is 0 Å². The molecule has 0 aliphatic heterocycles. The van der Waals surface area contributed by atoms with Gasteiger partial charge in [-0.3, -0.25) is 0 Å². The van der Waals surface area contributed by atoms with E-state index in [1.807, 2.05) is 0 Å². The summed E-state index contributed by atoms with van der Waals surface area (Å²) in [5, 5.41) is 0. The molecule has 6 heteroatoms. The molecule has 0 aliphatic carbocycles. The van der Waals surface area contributed by atoms with Crippen LogP contribution in [0.15, 0.2) is 0 Å². The predicted octanol–water partition coefficient (Wildman–Crippen LogP) is -1.12. The maximum atomic E-state index is 0. The first-order valence-corrected chi connectivity index (χ1v) is 0. The van der Waals surface area contributed by atoms with E-state index in [2.05, 4.69) is 0 Å². The summed E-state index contributed by atoms with van der Waals surface area (Å²) in [4.78, 5) is 0. The monoisotopic (exact) mass is 215 g/mol. The van der Waals surface area contributed by atoms with E-state index >= 15 is 0 Å². The van der Waals surface area contributed by atoms with Gasteiger partial charge in [0.25, 0.3) is 0 Å². The smallest absolute Gasteiger partial charge is 2.00 e. The summed E-state index contributed by atoms with van der Waals surface area (Å²) >= 11 is 0. The largest absolute Gasteiger partial charge is 2.00 e. The minimum Gasteiger partial charge on any atom is -2.00 e. The van der Waals surface area contributed by atoms with Crippen LogP contribution in [0.4, 0.5) is 0 Å². The van der Waals surface area contributed by atoms with Gasteiger partial charge in [-0.05, 0) is 0 Å². The van der Waals surface area contributed by atoms with Gasteiger partial charge in [-0.1, -0.05) is 0 Å². The molecule has 1 radical (unpaired) electrons. The van der Waals surface area contributed by atoms with Crippen LogP contribution in [-0.4, -0.2) is 68.5 Å². The molecule has 0 rings (SSSR count). The molecule has 0 aromatic carbocycles. The summed E-state index contributed by atoms with van der Waals surface area (Å²) in [5.74, 6) is 0. The van der Waals surface area contributed by atoms with E-state index in [1.165, 1.54) is 0 Å². The molecule has 0 aliphatic rings. The van der Waals surface area contributed by atoms with E-state index in [-0.39, 0.29) is 102 Å².